The maximum absolute atomic E-state index is 12.3. The predicted molar refractivity (Wildman–Crippen MR) is 99.2 cm³/mol. The molecule has 0 atom stereocenters. The topological polar surface area (TPSA) is 95.6 Å². The third-order valence-electron chi connectivity index (χ3n) is 4.38. The highest BCUT2D eigenvalue weighted by Crippen LogP contribution is 2.16. The molecular formula is C18H27N3O4S. The average molecular weight is 381 g/mol. The van der Waals surface area contributed by atoms with E-state index in [0.29, 0.717) is 31.5 Å². The fourth-order valence-electron chi connectivity index (χ4n) is 2.90. The van der Waals surface area contributed by atoms with Gasteiger partial charge in [0.05, 0.1) is 4.90 Å². The van der Waals surface area contributed by atoms with E-state index in [1.807, 2.05) is 17.9 Å². The Balaban J connectivity index is 1.69. The van der Waals surface area contributed by atoms with Gasteiger partial charge < -0.3 is 10.2 Å². The first-order valence-electron chi connectivity index (χ1n) is 8.91. The van der Waals surface area contributed by atoms with E-state index in [9.17, 15) is 18.0 Å². The summed E-state index contributed by atoms with van der Waals surface area (Å²) >= 11 is 0. The number of carbonyl (C=O) groups is 2. The van der Waals surface area contributed by atoms with Gasteiger partial charge in [-0.3, -0.25) is 9.59 Å². The van der Waals surface area contributed by atoms with Gasteiger partial charge in [0.25, 0.3) is 0 Å². The molecule has 1 aromatic rings. The molecule has 2 N–H and O–H groups in total. The van der Waals surface area contributed by atoms with E-state index in [4.69, 9.17) is 0 Å². The van der Waals surface area contributed by atoms with Crippen molar-refractivity contribution in [3.8, 4) is 0 Å². The molecule has 1 aromatic carbocycles. The maximum Gasteiger partial charge on any atom is 0.240 e. The van der Waals surface area contributed by atoms with Gasteiger partial charge in [-0.15, -0.1) is 0 Å². The highest BCUT2D eigenvalue weighted by molar-refractivity contribution is 7.89. The second kappa shape index (κ2) is 9.14. The number of carbonyl (C=O) groups excluding carboxylic acids is 2. The Kier molecular flexibility index (Phi) is 7.16. The Labute approximate surface area is 155 Å². The van der Waals surface area contributed by atoms with Crippen LogP contribution < -0.4 is 10.0 Å². The molecule has 144 valence electrons. The number of sulfonamides is 1. The molecule has 0 bridgehead atoms. The van der Waals surface area contributed by atoms with Crippen molar-refractivity contribution in [2.24, 2.45) is 0 Å². The minimum absolute atomic E-state index is 0.0478. The summed E-state index contributed by atoms with van der Waals surface area (Å²) in [6.45, 7) is 5.55. The van der Waals surface area contributed by atoms with Gasteiger partial charge in [0, 0.05) is 39.0 Å². The van der Waals surface area contributed by atoms with Crippen LogP contribution in [0.4, 0.5) is 0 Å². The van der Waals surface area contributed by atoms with E-state index in [-0.39, 0.29) is 29.7 Å². The third kappa shape index (κ3) is 5.81. The normalized spacial score (nSPS) is 14.7. The molecule has 7 nitrogen and oxygen atoms in total. The molecule has 0 unspecified atom stereocenters. The summed E-state index contributed by atoms with van der Waals surface area (Å²) in [7, 11) is -3.63. The molecule has 1 aliphatic rings. The molecular weight excluding hydrogens is 354 g/mol. The van der Waals surface area contributed by atoms with Gasteiger partial charge in [0.2, 0.25) is 21.8 Å². The van der Waals surface area contributed by atoms with E-state index < -0.39 is 10.0 Å². The lowest BCUT2D eigenvalue weighted by Gasteiger charge is -2.15. The van der Waals surface area contributed by atoms with Gasteiger partial charge in [-0.1, -0.05) is 12.1 Å². The molecule has 0 spiro atoms. The second-order valence-electron chi connectivity index (χ2n) is 6.60. The maximum atomic E-state index is 12.3. The fraction of sp³-hybridized carbons (Fsp3) is 0.556. The van der Waals surface area contributed by atoms with Crippen molar-refractivity contribution in [1.82, 2.24) is 14.9 Å². The first kappa shape index (κ1) is 20.4. The van der Waals surface area contributed by atoms with Crippen molar-refractivity contribution in [2.75, 3.05) is 26.2 Å². The van der Waals surface area contributed by atoms with Crippen LogP contribution in [0.15, 0.2) is 23.1 Å². The Morgan fingerprint density at radius 1 is 1.23 bits per heavy atom. The van der Waals surface area contributed by atoms with Crippen molar-refractivity contribution >= 4 is 21.8 Å². The number of aryl methyl sites for hydroxylation is 2. The summed E-state index contributed by atoms with van der Waals surface area (Å²) in [6.07, 6.45) is 2.30. The van der Waals surface area contributed by atoms with Crippen molar-refractivity contribution in [3.63, 3.8) is 0 Å². The predicted octanol–water partition coefficient (Wildman–Crippen LogP) is 1.10. The van der Waals surface area contributed by atoms with Gasteiger partial charge in [-0.05, 0) is 43.9 Å². The highest BCUT2D eigenvalue weighted by Gasteiger charge is 2.19. The van der Waals surface area contributed by atoms with Crippen LogP contribution in [0.25, 0.3) is 0 Å². The number of likely N-dealkylation sites (tertiary alicyclic amines) is 1. The third-order valence-corrected chi connectivity index (χ3v) is 5.98. The molecule has 8 heteroatoms. The molecule has 1 heterocycles. The van der Waals surface area contributed by atoms with Crippen molar-refractivity contribution in [3.05, 3.63) is 29.3 Å². The molecule has 0 saturated carbocycles. The first-order valence-corrected chi connectivity index (χ1v) is 10.4. The second-order valence-corrected chi connectivity index (χ2v) is 8.34. The number of amides is 2. The Morgan fingerprint density at radius 2 is 2.00 bits per heavy atom. The molecule has 1 saturated heterocycles. The van der Waals surface area contributed by atoms with Crippen LogP contribution in [-0.2, 0) is 19.6 Å². The van der Waals surface area contributed by atoms with Crippen LogP contribution in [0, 0.1) is 13.8 Å². The quantitative estimate of drug-likeness (QED) is 0.626. The standard InChI is InChI=1S/C18H27N3O4S/c1-14-6-7-15(2)16(13-14)26(24,25)20-10-8-17(22)19-9-4-12-21-11-3-5-18(21)23/h6-7,13,20H,3-5,8-12H2,1-2H3,(H,19,22). The number of hydrogen-bond donors (Lipinski definition) is 2. The van der Waals surface area contributed by atoms with Crippen molar-refractivity contribution in [1.29, 1.82) is 0 Å². The molecule has 0 aromatic heterocycles. The largest absolute Gasteiger partial charge is 0.356 e. The monoisotopic (exact) mass is 381 g/mol. The fourth-order valence-corrected chi connectivity index (χ4v) is 4.26. The lowest BCUT2D eigenvalue weighted by Crippen LogP contribution is -2.33. The highest BCUT2D eigenvalue weighted by atomic mass is 32.2. The van der Waals surface area contributed by atoms with Crippen LogP contribution in [0.2, 0.25) is 0 Å². The molecule has 0 radical (unpaired) electrons. The molecule has 0 aliphatic carbocycles. The van der Waals surface area contributed by atoms with E-state index in [1.165, 1.54) is 0 Å². The lowest BCUT2D eigenvalue weighted by molar-refractivity contribution is -0.127. The number of hydrogen-bond acceptors (Lipinski definition) is 4. The van der Waals surface area contributed by atoms with Crippen LogP contribution in [0.1, 0.15) is 36.8 Å². The SMILES string of the molecule is Cc1ccc(C)c(S(=O)(=O)NCCC(=O)NCCCN2CCCC2=O)c1. The molecule has 2 amide bonds. The Hall–Kier alpha value is -1.93. The van der Waals surface area contributed by atoms with Gasteiger partial charge >= 0.3 is 0 Å². The summed E-state index contributed by atoms with van der Waals surface area (Å²) in [4.78, 5) is 25.3. The number of nitrogens with zero attached hydrogens (tertiary/aromatic N) is 1. The van der Waals surface area contributed by atoms with E-state index in [2.05, 4.69) is 10.0 Å². The summed E-state index contributed by atoms with van der Waals surface area (Å²) < 4.78 is 27.2. The van der Waals surface area contributed by atoms with Crippen LogP contribution in [0.5, 0.6) is 0 Å². The smallest absolute Gasteiger partial charge is 0.240 e. The number of nitrogens with one attached hydrogen (secondary N) is 2. The zero-order valence-electron chi connectivity index (χ0n) is 15.4. The van der Waals surface area contributed by atoms with E-state index in [0.717, 1.165) is 18.5 Å². The van der Waals surface area contributed by atoms with E-state index >= 15 is 0 Å². The van der Waals surface area contributed by atoms with Gasteiger partial charge in [0.15, 0.2) is 0 Å². The summed E-state index contributed by atoms with van der Waals surface area (Å²) in [5.41, 5.74) is 1.54. The lowest BCUT2D eigenvalue weighted by atomic mass is 10.2. The number of benzene rings is 1. The molecule has 1 fully saturated rings. The van der Waals surface area contributed by atoms with E-state index in [1.54, 1.807) is 19.1 Å². The van der Waals surface area contributed by atoms with Crippen LogP contribution >= 0.6 is 0 Å². The minimum Gasteiger partial charge on any atom is -0.356 e. The van der Waals surface area contributed by atoms with Gasteiger partial charge in [-0.25, -0.2) is 13.1 Å². The summed E-state index contributed by atoms with van der Waals surface area (Å²) in [6, 6.07) is 5.25. The zero-order valence-corrected chi connectivity index (χ0v) is 16.2. The average Bonchev–Trinajstić information content (AvgIpc) is 2.98. The zero-order chi connectivity index (χ0) is 19.2. The first-order chi connectivity index (χ1) is 12.3. The Bertz CT molecular complexity index is 762. The van der Waals surface area contributed by atoms with Crippen molar-refractivity contribution in [2.45, 2.75) is 44.4 Å². The van der Waals surface area contributed by atoms with Gasteiger partial charge in [-0.2, -0.15) is 0 Å². The molecule has 1 aliphatic heterocycles. The van der Waals surface area contributed by atoms with Crippen LogP contribution in [0.3, 0.4) is 0 Å². The molecule has 26 heavy (non-hydrogen) atoms. The Morgan fingerprint density at radius 3 is 2.69 bits per heavy atom. The van der Waals surface area contributed by atoms with Crippen LogP contribution in [-0.4, -0.2) is 51.3 Å². The van der Waals surface area contributed by atoms with Gasteiger partial charge in [0.1, 0.15) is 0 Å². The summed E-state index contributed by atoms with van der Waals surface area (Å²) in [5, 5.41) is 2.76. The molecule has 2 rings (SSSR count). The number of rotatable bonds is 9. The van der Waals surface area contributed by atoms with Crippen molar-refractivity contribution < 1.29 is 18.0 Å². The minimum atomic E-state index is -3.63. The summed E-state index contributed by atoms with van der Waals surface area (Å²) in [5.74, 6) is -0.0291.